The molecular weight excluding hydrogens is 458 g/mol. The first-order valence-corrected chi connectivity index (χ1v) is 9.33. The number of alkyl halides is 3. The van der Waals surface area contributed by atoms with E-state index in [1.807, 2.05) is 31.1 Å². The molecule has 1 N–H and O–H groups in total. The molecule has 0 aliphatic carbocycles. The molecule has 2 unspecified atom stereocenters. The van der Waals surface area contributed by atoms with Crippen LogP contribution < -0.4 is 5.32 Å². The molecular formula is C20H18BrF4NO3. The second-order valence-corrected chi connectivity index (χ2v) is 7.32. The van der Waals surface area contributed by atoms with Crippen molar-refractivity contribution in [1.29, 1.82) is 0 Å². The Bertz CT molecular complexity index is 843. The average Bonchev–Trinajstić information content (AvgIpc) is 2.71. The second kappa shape index (κ2) is 9.98. The van der Waals surface area contributed by atoms with E-state index in [4.69, 9.17) is 9.53 Å². The van der Waals surface area contributed by atoms with Gasteiger partial charge in [-0.1, -0.05) is 28.1 Å². The van der Waals surface area contributed by atoms with E-state index in [0.29, 0.717) is 19.1 Å². The zero-order valence-electron chi connectivity index (χ0n) is 15.1. The lowest BCUT2D eigenvalue weighted by molar-refractivity contribution is -0.137. The highest BCUT2D eigenvalue weighted by atomic mass is 79.9. The largest absolute Gasteiger partial charge is 0.416 e. The van der Waals surface area contributed by atoms with Crippen LogP contribution in [0, 0.1) is 11.7 Å². The summed E-state index contributed by atoms with van der Waals surface area (Å²) in [5.74, 6) is -2.11. The molecule has 0 radical (unpaired) electrons. The van der Waals surface area contributed by atoms with E-state index >= 15 is 0 Å². The highest BCUT2D eigenvalue weighted by molar-refractivity contribution is 9.10. The first-order chi connectivity index (χ1) is 13.7. The van der Waals surface area contributed by atoms with Gasteiger partial charge in [-0.05, 0) is 42.3 Å². The number of rotatable bonds is 3. The summed E-state index contributed by atoms with van der Waals surface area (Å²) in [5, 5.41) is 2.37. The quantitative estimate of drug-likeness (QED) is 0.622. The van der Waals surface area contributed by atoms with Crippen molar-refractivity contribution in [1.82, 2.24) is 0 Å². The normalized spacial score (nSPS) is 19.1. The van der Waals surface area contributed by atoms with Gasteiger partial charge in [-0.15, -0.1) is 0 Å². The molecule has 2 atom stereocenters. The number of ether oxygens (including phenoxy) is 1. The Labute approximate surface area is 173 Å². The molecule has 4 nitrogen and oxygen atoms in total. The maximum Gasteiger partial charge on any atom is 0.416 e. The average molecular weight is 476 g/mol. The van der Waals surface area contributed by atoms with Crippen molar-refractivity contribution < 1.29 is 31.9 Å². The molecule has 1 aliphatic rings. The van der Waals surface area contributed by atoms with E-state index < -0.39 is 29.4 Å². The number of halogens is 5. The molecule has 0 saturated carbocycles. The minimum atomic E-state index is -4.64. The van der Waals surface area contributed by atoms with E-state index in [1.54, 1.807) is 0 Å². The van der Waals surface area contributed by atoms with Crippen molar-refractivity contribution in [2.75, 3.05) is 18.5 Å². The summed E-state index contributed by atoms with van der Waals surface area (Å²) in [6.45, 7) is 2.65. The van der Waals surface area contributed by atoms with Crippen LogP contribution in [0.4, 0.5) is 23.2 Å². The van der Waals surface area contributed by atoms with E-state index in [1.165, 1.54) is 0 Å². The van der Waals surface area contributed by atoms with Gasteiger partial charge in [0.1, 0.15) is 12.6 Å². The van der Waals surface area contributed by atoms with Crippen LogP contribution in [-0.4, -0.2) is 25.9 Å². The molecule has 1 aliphatic heterocycles. The molecule has 3 rings (SSSR count). The lowest BCUT2D eigenvalue weighted by Crippen LogP contribution is -2.33. The number of carbonyl (C=O) groups is 2. The number of amides is 1. The summed E-state index contributed by atoms with van der Waals surface area (Å²) in [4.78, 5) is 20.4. The number of benzene rings is 2. The maximum atomic E-state index is 13.9. The Morgan fingerprint density at radius 3 is 2.34 bits per heavy atom. The van der Waals surface area contributed by atoms with Crippen LogP contribution >= 0.6 is 15.9 Å². The summed E-state index contributed by atoms with van der Waals surface area (Å²) in [5.41, 5.74) is -0.357. The topological polar surface area (TPSA) is 55.4 Å². The van der Waals surface area contributed by atoms with Gasteiger partial charge in [-0.3, -0.25) is 4.79 Å². The van der Waals surface area contributed by atoms with E-state index in [0.717, 1.165) is 22.2 Å². The number of hydrogen-bond donors (Lipinski definition) is 1. The van der Waals surface area contributed by atoms with Crippen LogP contribution in [0.15, 0.2) is 46.9 Å². The zero-order chi connectivity index (χ0) is 21.6. The van der Waals surface area contributed by atoms with Gasteiger partial charge >= 0.3 is 6.18 Å². The zero-order valence-corrected chi connectivity index (χ0v) is 16.7. The summed E-state index contributed by atoms with van der Waals surface area (Å²) >= 11 is 3.36. The predicted molar refractivity (Wildman–Crippen MR) is 103 cm³/mol. The van der Waals surface area contributed by atoms with Gasteiger partial charge in [0.05, 0.1) is 30.4 Å². The third-order valence-corrected chi connectivity index (χ3v) is 5.00. The Hall–Kier alpha value is -2.26. The second-order valence-electron chi connectivity index (χ2n) is 6.40. The molecule has 1 heterocycles. The molecule has 1 amide bonds. The predicted octanol–water partition coefficient (Wildman–Crippen LogP) is 5.18. The minimum Gasteiger partial charge on any atom is -0.380 e. The van der Waals surface area contributed by atoms with Crippen LogP contribution in [0.2, 0.25) is 0 Å². The lowest BCUT2D eigenvalue weighted by atomic mass is 9.87. The van der Waals surface area contributed by atoms with E-state index in [2.05, 4.69) is 21.2 Å². The Kier molecular flexibility index (Phi) is 7.92. The van der Waals surface area contributed by atoms with Gasteiger partial charge in [0.15, 0.2) is 0 Å². The van der Waals surface area contributed by atoms with Crippen molar-refractivity contribution in [3.8, 4) is 0 Å². The lowest BCUT2D eigenvalue weighted by Gasteiger charge is -2.29. The first-order valence-electron chi connectivity index (χ1n) is 8.53. The number of nitrogens with one attached hydrogen (secondary N) is 1. The van der Waals surface area contributed by atoms with Crippen molar-refractivity contribution in [3.05, 3.63) is 63.9 Å². The van der Waals surface area contributed by atoms with Gasteiger partial charge in [0.25, 0.3) is 0 Å². The van der Waals surface area contributed by atoms with Crippen molar-refractivity contribution in [3.63, 3.8) is 0 Å². The van der Waals surface area contributed by atoms with Crippen molar-refractivity contribution >= 4 is 34.3 Å². The summed E-state index contributed by atoms with van der Waals surface area (Å²) in [7, 11) is 0. The highest BCUT2D eigenvalue weighted by Crippen LogP contribution is 2.33. The SMILES string of the molecule is C=O.O=C(Nc1ccc(C(F)(F)F)cc1F)C1COCC(c2ccc(Br)cc2)C1. The minimum absolute atomic E-state index is 0.0139. The first kappa shape index (κ1) is 23.0. The van der Waals surface area contributed by atoms with Gasteiger partial charge in [0.2, 0.25) is 5.91 Å². The molecule has 1 saturated heterocycles. The molecule has 2 aromatic carbocycles. The van der Waals surface area contributed by atoms with Gasteiger partial charge < -0.3 is 14.8 Å². The van der Waals surface area contributed by atoms with Crippen LogP contribution in [0.3, 0.4) is 0 Å². The molecule has 0 bridgehead atoms. The molecule has 0 spiro atoms. The fraction of sp³-hybridized carbons (Fsp3) is 0.300. The van der Waals surface area contributed by atoms with Crippen molar-refractivity contribution in [2.45, 2.75) is 18.5 Å². The molecule has 1 fully saturated rings. The molecule has 0 aromatic heterocycles. The third kappa shape index (κ3) is 6.11. The summed E-state index contributed by atoms with van der Waals surface area (Å²) in [6.07, 6.45) is -4.13. The number of hydrogen-bond acceptors (Lipinski definition) is 3. The van der Waals surface area contributed by atoms with E-state index in [9.17, 15) is 22.4 Å². The maximum absolute atomic E-state index is 13.9. The standard InChI is InChI=1S/C19H16BrF4NO2.CH2O/c20-15-4-1-11(2-5-15)12-7-13(10-27-9-12)18(26)25-17-6-3-14(8-16(17)21)19(22,23)24;1-2/h1-6,8,12-13H,7,9-10H2,(H,25,26);1H2. The van der Waals surface area contributed by atoms with Crippen LogP contribution in [0.1, 0.15) is 23.5 Å². The summed E-state index contributed by atoms with van der Waals surface area (Å²) in [6, 6.07) is 9.71. The van der Waals surface area contributed by atoms with Gasteiger partial charge in [-0.2, -0.15) is 13.2 Å². The van der Waals surface area contributed by atoms with E-state index in [-0.39, 0.29) is 18.2 Å². The molecule has 9 heteroatoms. The van der Waals surface area contributed by atoms with Gasteiger partial charge in [0, 0.05) is 10.4 Å². The van der Waals surface area contributed by atoms with Crippen LogP contribution in [0.25, 0.3) is 0 Å². The van der Waals surface area contributed by atoms with Crippen LogP contribution in [0.5, 0.6) is 0 Å². The smallest absolute Gasteiger partial charge is 0.380 e. The monoisotopic (exact) mass is 475 g/mol. The third-order valence-electron chi connectivity index (χ3n) is 4.47. The Morgan fingerprint density at radius 1 is 1.10 bits per heavy atom. The molecule has 156 valence electrons. The van der Waals surface area contributed by atoms with Crippen molar-refractivity contribution in [2.24, 2.45) is 5.92 Å². The fourth-order valence-corrected chi connectivity index (χ4v) is 3.27. The summed E-state index contributed by atoms with van der Waals surface area (Å²) < 4.78 is 58.2. The van der Waals surface area contributed by atoms with Gasteiger partial charge in [-0.25, -0.2) is 4.39 Å². The molecule has 2 aromatic rings. The number of anilines is 1. The molecule has 29 heavy (non-hydrogen) atoms. The van der Waals surface area contributed by atoms with Crippen LogP contribution in [-0.2, 0) is 20.5 Å². The fourth-order valence-electron chi connectivity index (χ4n) is 3.01. The highest BCUT2D eigenvalue weighted by Gasteiger charge is 2.32. The Balaban J connectivity index is 0.00000145. The Morgan fingerprint density at radius 2 is 1.76 bits per heavy atom. The number of carbonyl (C=O) groups excluding carboxylic acids is 2.